The van der Waals surface area contributed by atoms with Crippen LogP contribution >= 0.6 is 23.1 Å². The summed E-state index contributed by atoms with van der Waals surface area (Å²) < 4.78 is 0. The summed E-state index contributed by atoms with van der Waals surface area (Å²) in [5, 5.41) is 26.7. The van der Waals surface area contributed by atoms with Crippen LogP contribution in [-0.4, -0.2) is 26.6 Å². The molecule has 1 amide bonds. The summed E-state index contributed by atoms with van der Waals surface area (Å²) >= 11 is 2.61. The van der Waals surface area contributed by atoms with Gasteiger partial charge in [0, 0.05) is 46.4 Å². The molecule has 8 nitrogen and oxygen atoms in total. The van der Waals surface area contributed by atoms with Gasteiger partial charge in [0.05, 0.1) is 21.9 Å². The van der Waals surface area contributed by atoms with E-state index in [1.54, 1.807) is 17.5 Å². The fourth-order valence-electron chi connectivity index (χ4n) is 4.12. The van der Waals surface area contributed by atoms with E-state index >= 15 is 0 Å². The number of benzene rings is 3. The van der Waals surface area contributed by atoms with Crippen LogP contribution in [0.4, 0.5) is 10.8 Å². The van der Waals surface area contributed by atoms with E-state index in [0.717, 1.165) is 27.9 Å². The minimum atomic E-state index is -0.456. The molecular weight excluding hydrogens is 555 g/mol. The molecule has 0 atom stereocenters. The normalized spacial score (nSPS) is 10.6. The van der Waals surface area contributed by atoms with E-state index in [-0.39, 0.29) is 18.0 Å². The number of aromatic nitrogens is 2. The lowest BCUT2D eigenvalue weighted by molar-refractivity contribution is -0.384. The number of nitrogens with zero attached hydrogens (tertiary/aromatic N) is 4. The number of nitro benzene ring substituents is 1. The topological polar surface area (TPSA) is 122 Å². The average Bonchev–Trinajstić information content (AvgIpc) is 3.46. The van der Waals surface area contributed by atoms with Crippen molar-refractivity contribution in [3.8, 4) is 39.7 Å². The average molecular weight is 578 g/mol. The van der Waals surface area contributed by atoms with Crippen LogP contribution in [0.25, 0.3) is 33.6 Å². The van der Waals surface area contributed by atoms with Gasteiger partial charge in [-0.2, -0.15) is 5.26 Å². The SMILES string of the molecule is Cc1ccc(-c2cc(-c3ccccc3)nc(SCCC(=O)Nc3nc(-c4cccc([N+](=O)[O-])c4)cs3)c2C#N)cc1. The fraction of sp³-hybridized carbons (Fsp3) is 0.0968. The minimum absolute atomic E-state index is 0.0228. The number of nitriles is 1. The molecule has 0 bridgehead atoms. The third-order valence-corrected chi connectivity index (χ3v) is 7.94. The number of carbonyl (C=O) groups excluding carboxylic acids is 1. The number of aryl methyl sites for hydroxylation is 1. The first-order chi connectivity index (χ1) is 19.9. The number of nitrogens with one attached hydrogen (secondary N) is 1. The summed E-state index contributed by atoms with van der Waals surface area (Å²) in [7, 11) is 0. The van der Waals surface area contributed by atoms with E-state index in [1.165, 1.54) is 35.2 Å². The Kier molecular flexibility index (Phi) is 8.48. The molecule has 0 unspecified atom stereocenters. The number of amides is 1. The highest BCUT2D eigenvalue weighted by molar-refractivity contribution is 7.99. The summed E-state index contributed by atoms with van der Waals surface area (Å²) in [6, 6.07) is 28.3. The highest BCUT2D eigenvalue weighted by atomic mass is 32.2. The minimum Gasteiger partial charge on any atom is -0.302 e. The lowest BCUT2D eigenvalue weighted by Crippen LogP contribution is -2.12. The van der Waals surface area contributed by atoms with E-state index < -0.39 is 4.92 Å². The van der Waals surface area contributed by atoms with E-state index in [9.17, 15) is 20.2 Å². The number of rotatable bonds is 9. The maximum absolute atomic E-state index is 12.7. The number of hydrogen-bond acceptors (Lipinski definition) is 8. The van der Waals surface area contributed by atoms with Crippen LogP contribution in [0.3, 0.4) is 0 Å². The van der Waals surface area contributed by atoms with Crippen LogP contribution in [0.1, 0.15) is 17.5 Å². The van der Waals surface area contributed by atoms with Crippen LogP contribution in [0, 0.1) is 28.4 Å². The van der Waals surface area contributed by atoms with Crippen molar-refractivity contribution in [2.75, 3.05) is 11.1 Å². The Morgan fingerprint density at radius 3 is 2.46 bits per heavy atom. The van der Waals surface area contributed by atoms with Gasteiger partial charge in [-0.25, -0.2) is 9.97 Å². The van der Waals surface area contributed by atoms with E-state index in [2.05, 4.69) is 16.4 Å². The van der Waals surface area contributed by atoms with Crippen molar-refractivity contribution in [3.05, 3.63) is 112 Å². The highest BCUT2D eigenvalue weighted by Gasteiger charge is 2.17. The zero-order valence-corrected chi connectivity index (χ0v) is 23.5. The molecule has 0 aliphatic heterocycles. The number of non-ortho nitro benzene ring substituents is 1. The number of thioether (sulfide) groups is 1. The van der Waals surface area contributed by atoms with Crippen LogP contribution in [0.5, 0.6) is 0 Å². The monoisotopic (exact) mass is 577 g/mol. The van der Waals surface area contributed by atoms with Gasteiger partial charge in [0.2, 0.25) is 5.91 Å². The summed E-state index contributed by atoms with van der Waals surface area (Å²) in [6.45, 7) is 2.02. The lowest BCUT2D eigenvalue weighted by Gasteiger charge is -2.13. The third-order valence-electron chi connectivity index (χ3n) is 6.20. The third kappa shape index (κ3) is 6.66. The van der Waals surface area contributed by atoms with Crippen molar-refractivity contribution in [2.45, 2.75) is 18.4 Å². The molecule has 202 valence electrons. The quantitative estimate of drug-likeness (QED) is 0.108. The molecule has 0 fully saturated rings. The maximum atomic E-state index is 12.7. The molecule has 0 aliphatic rings. The van der Waals surface area contributed by atoms with Gasteiger partial charge in [0.15, 0.2) is 5.13 Å². The van der Waals surface area contributed by atoms with Gasteiger partial charge in [0.25, 0.3) is 5.69 Å². The van der Waals surface area contributed by atoms with Crippen LogP contribution in [0.2, 0.25) is 0 Å². The standard InChI is InChI=1S/C31H23N5O3S2/c1-20-10-12-21(13-11-20)25-17-27(22-6-3-2-4-7-22)33-30(26(25)18-32)40-15-14-29(37)35-31-34-28(19-41-31)23-8-5-9-24(16-23)36(38)39/h2-13,16-17,19H,14-15H2,1H3,(H,34,35,37). The summed E-state index contributed by atoms with van der Waals surface area (Å²) in [5.41, 5.74) is 6.14. The first-order valence-corrected chi connectivity index (χ1v) is 14.5. The Labute approximate surface area is 244 Å². The van der Waals surface area contributed by atoms with Gasteiger partial charge in [0.1, 0.15) is 11.1 Å². The molecule has 5 aromatic rings. The molecule has 5 rings (SSSR count). The lowest BCUT2D eigenvalue weighted by atomic mass is 9.98. The number of nitro groups is 1. The van der Waals surface area contributed by atoms with Crippen LogP contribution in [0.15, 0.2) is 95.3 Å². The zero-order valence-electron chi connectivity index (χ0n) is 21.9. The first kappa shape index (κ1) is 27.7. The van der Waals surface area contributed by atoms with Gasteiger partial charge in [-0.05, 0) is 18.6 Å². The molecule has 0 spiro atoms. The predicted octanol–water partition coefficient (Wildman–Crippen LogP) is 7.75. The number of hydrogen-bond donors (Lipinski definition) is 1. The fourth-order valence-corrected chi connectivity index (χ4v) is 5.80. The number of carbonyl (C=O) groups is 1. The Hall–Kier alpha value is -4.85. The van der Waals surface area contributed by atoms with Gasteiger partial charge in [-0.3, -0.25) is 14.9 Å². The second-order valence-corrected chi connectivity index (χ2v) is 11.0. The van der Waals surface area contributed by atoms with Gasteiger partial charge in [-0.15, -0.1) is 23.1 Å². The Morgan fingerprint density at radius 1 is 0.976 bits per heavy atom. The molecule has 2 heterocycles. The number of pyridine rings is 1. The molecule has 2 aromatic heterocycles. The molecule has 3 aromatic carbocycles. The largest absolute Gasteiger partial charge is 0.302 e. The van der Waals surface area contributed by atoms with Crippen molar-refractivity contribution < 1.29 is 9.72 Å². The summed E-state index contributed by atoms with van der Waals surface area (Å²) in [4.78, 5) is 32.6. The van der Waals surface area contributed by atoms with Crippen molar-refractivity contribution in [2.24, 2.45) is 0 Å². The molecule has 41 heavy (non-hydrogen) atoms. The molecule has 0 radical (unpaired) electrons. The van der Waals surface area contributed by atoms with Crippen molar-refractivity contribution in [3.63, 3.8) is 0 Å². The van der Waals surface area contributed by atoms with Crippen molar-refractivity contribution >= 4 is 39.8 Å². The van der Waals surface area contributed by atoms with E-state index in [1.807, 2.05) is 67.6 Å². The molecule has 0 aliphatic carbocycles. The van der Waals surface area contributed by atoms with Crippen LogP contribution in [-0.2, 0) is 4.79 Å². The molecule has 0 saturated carbocycles. The summed E-state index contributed by atoms with van der Waals surface area (Å²) in [5.74, 6) is 0.177. The smallest absolute Gasteiger partial charge is 0.270 e. The maximum Gasteiger partial charge on any atom is 0.270 e. The second kappa shape index (κ2) is 12.6. The Balaban J connectivity index is 1.31. The number of anilines is 1. The number of thiazole rings is 1. The molecular formula is C31H23N5O3S2. The molecule has 1 N–H and O–H groups in total. The zero-order chi connectivity index (χ0) is 28.8. The molecule has 0 saturated heterocycles. The van der Waals surface area contributed by atoms with E-state index in [0.29, 0.717) is 32.7 Å². The second-order valence-electron chi connectivity index (χ2n) is 9.07. The van der Waals surface area contributed by atoms with E-state index in [4.69, 9.17) is 4.98 Å². The summed E-state index contributed by atoms with van der Waals surface area (Å²) in [6.07, 6.45) is 0.179. The predicted molar refractivity (Wildman–Crippen MR) is 163 cm³/mol. The Morgan fingerprint density at radius 2 is 1.73 bits per heavy atom. The van der Waals surface area contributed by atoms with Gasteiger partial charge >= 0.3 is 0 Å². The van der Waals surface area contributed by atoms with Crippen molar-refractivity contribution in [1.82, 2.24) is 9.97 Å². The van der Waals surface area contributed by atoms with Crippen molar-refractivity contribution in [1.29, 1.82) is 5.26 Å². The first-order valence-electron chi connectivity index (χ1n) is 12.6. The van der Waals surface area contributed by atoms with Crippen LogP contribution < -0.4 is 5.32 Å². The van der Waals surface area contributed by atoms with Gasteiger partial charge in [-0.1, -0.05) is 72.3 Å². The molecule has 10 heteroatoms. The Bertz CT molecular complexity index is 1760. The van der Waals surface area contributed by atoms with Gasteiger partial charge < -0.3 is 5.32 Å². The highest BCUT2D eigenvalue weighted by Crippen LogP contribution is 2.35.